The summed E-state index contributed by atoms with van der Waals surface area (Å²) in [6.45, 7) is 3.60. The number of nitrogens with one attached hydrogen (secondary N) is 1. The van der Waals surface area contributed by atoms with Gasteiger partial charge in [0.05, 0.1) is 6.10 Å². The number of hydrogen-bond acceptors (Lipinski definition) is 3. The van der Waals surface area contributed by atoms with Gasteiger partial charge in [0.2, 0.25) is 5.91 Å². The van der Waals surface area contributed by atoms with Crippen molar-refractivity contribution in [2.75, 3.05) is 18.9 Å². The van der Waals surface area contributed by atoms with E-state index in [0.717, 1.165) is 37.2 Å². The Balaban J connectivity index is 1.68. The largest absolute Gasteiger partial charge is 0.399 e. The Morgan fingerprint density at radius 3 is 2.79 bits per heavy atom. The van der Waals surface area contributed by atoms with Crippen molar-refractivity contribution < 1.29 is 9.53 Å². The highest BCUT2D eigenvalue weighted by Gasteiger charge is 2.24. The molecule has 2 rings (SSSR count). The first-order valence-electron chi connectivity index (χ1n) is 6.88. The Hall–Kier alpha value is -1.55. The number of hydrogen-bond donors (Lipinski definition) is 2. The van der Waals surface area contributed by atoms with Crippen LogP contribution in [0.2, 0.25) is 0 Å². The summed E-state index contributed by atoms with van der Waals surface area (Å²) in [5.74, 6) is 0.566. The summed E-state index contributed by atoms with van der Waals surface area (Å²) in [4.78, 5) is 11.8. The molecular formula is C15H22N2O2. The number of benzene rings is 1. The Morgan fingerprint density at radius 1 is 1.42 bits per heavy atom. The minimum absolute atomic E-state index is 0.107. The molecular weight excluding hydrogens is 240 g/mol. The molecule has 1 heterocycles. The number of nitrogens with two attached hydrogens (primary N) is 1. The Kier molecular flexibility index (Phi) is 4.80. The van der Waals surface area contributed by atoms with Crippen molar-refractivity contribution in [3.05, 3.63) is 29.8 Å². The van der Waals surface area contributed by atoms with Gasteiger partial charge in [-0.15, -0.1) is 0 Å². The summed E-state index contributed by atoms with van der Waals surface area (Å²) in [5.41, 5.74) is 7.52. The number of anilines is 1. The van der Waals surface area contributed by atoms with Gasteiger partial charge in [-0.3, -0.25) is 4.79 Å². The first-order valence-corrected chi connectivity index (χ1v) is 6.88. The van der Waals surface area contributed by atoms with Crippen molar-refractivity contribution in [3.63, 3.8) is 0 Å². The van der Waals surface area contributed by atoms with Crippen LogP contribution in [0.15, 0.2) is 24.3 Å². The van der Waals surface area contributed by atoms with E-state index in [1.807, 2.05) is 24.3 Å². The van der Waals surface area contributed by atoms with Gasteiger partial charge in [0, 0.05) is 31.2 Å². The van der Waals surface area contributed by atoms with Gasteiger partial charge in [-0.1, -0.05) is 12.1 Å². The molecule has 2 atom stereocenters. The maximum atomic E-state index is 11.8. The zero-order chi connectivity index (χ0) is 13.7. The molecule has 19 heavy (non-hydrogen) atoms. The molecule has 1 aliphatic heterocycles. The highest BCUT2D eigenvalue weighted by atomic mass is 16.5. The number of carbonyl (C=O) groups excluding carboxylic acids is 1. The van der Waals surface area contributed by atoms with Crippen LogP contribution in [0.1, 0.15) is 25.3 Å². The van der Waals surface area contributed by atoms with Crippen LogP contribution in [-0.4, -0.2) is 25.2 Å². The fourth-order valence-electron chi connectivity index (χ4n) is 2.32. The molecule has 0 aliphatic carbocycles. The molecule has 1 aromatic rings. The molecule has 0 aromatic heterocycles. The Bertz CT molecular complexity index is 417. The zero-order valence-electron chi connectivity index (χ0n) is 11.4. The average Bonchev–Trinajstić information content (AvgIpc) is 2.81. The molecule has 4 heteroatoms. The summed E-state index contributed by atoms with van der Waals surface area (Å²) in [6, 6.07) is 7.67. The van der Waals surface area contributed by atoms with Crippen molar-refractivity contribution >= 4 is 11.6 Å². The summed E-state index contributed by atoms with van der Waals surface area (Å²) in [7, 11) is 0. The molecule has 0 bridgehead atoms. The first-order chi connectivity index (χ1) is 9.15. The van der Waals surface area contributed by atoms with Gasteiger partial charge >= 0.3 is 0 Å². The number of aryl methyl sites for hydroxylation is 1. The van der Waals surface area contributed by atoms with E-state index >= 15 is 0 Å². The van der Waals surface area contributed by atoms with Crippen LogP contribution in [0.25, 0.3) is 0 Å². The van der Waals surface area contributed by atoms with Gasteiger partial charge in [0.1, 0.15) is 0 Å². The molecule has 1 saturated heterocycles. The van der Waals surface area contributed by atoms with E-state index in [-0.39, 0.29) is 12.0 Å². The third-order valence-corrected chi connectivity index (χ3v) is 3.72. The van der Waals surface area contributed by atoms with Gasteiger partial charge in [-0.25, -0.2) is 0 Å². The number of carbonyl (C=O) groups is 1. The average molecular weight is 262 g/mol. The fraction of sp³-hybridized carbons (Fsp3) is 0.533. The molecule has 0 saturated carbocycles. The molecule has 4 nitrogen and oxygen atoms in total. The second-order valence-electron chi connectivity index (χ2n) is 5.17. The predicted octanol–water partition coefficient (Wildman–Crippen LogP) is 1.74. The molecule has 1 aromatic carbocycles. The number of rotatable bonds is 5. The lowest BCUT2D eigenvalue weighted by Crippen LogP contribution is -2.32. The Morgan fingerprint density at radius 2 is 2.16 bits per heavy atom. The quantitative estimate of drug-likeness (QED) is 0.794. The predicted molar refractivity (Wildman–Crippen MR) is 75.7 cm³/mol. The monoisotopic (exact) mass is 262 g/mol. The lowest BCUT2D eigenvalue weighted by molar-refractivity contribution is -0.121. The highest BCUT2D eigenvalue weighted by molar-refractivity contribution is 5.76. The van der Waals surface area contributed by atoms with E-state index in [2.05, 4.69) is 12.2 Å². The lowest BCUT2D eigenvalue weighted by Gasteiger charge is -2.14. The van der Waals surface area contributed by atoms with Gasteiger partial charge in [-0.2, -0.15) is 0 Å². The number of amides is 1. The van der Waals surface area contributed by atoms with Gasteiger partial charge in [0.25, 0.3) is 0 Å². The second kappa shape index (κ2) is 6.57. The molecule has 0 radical (unpaired) electrons. The molecule has 2 unspecified atom stereocenters. The normalized spacial score (nSPS) is 22.4. The SMILES string of the molecule is CC1OCCC1CNC(=O)CCc1ccc(N)cc1. The van der Waals surface area contributed by atoms with E-state index in [9.17, 15) is 4.79 Å². The number of ether oxygens (including phenoxy) is 1. The maximum absolute atomic E-state index is 11.8. The summed E-state index contributed by atoms with van der Waals surface area (Å²) in [6.07, 6.45) is 2.58. The standard InChI is InChI=1S/C15H22N2O2/c1-11-13(8-9-19-11)10-17-15(18)7-4-12-2-5-14(16)6-3-12/h2-3,5-6,11,13H,4,7-10,16H2,1H3,(H,17,18). The van der Waals surface area contributed by atoms with Crippen LogP contribution < -0.4 is 11.1 Å². The van der Waals surface area contributed by atoms with E-state index < -0.39 is 0 Å². The van der Waals surface area contributed by atoms with Crippen molar-refractivity contribution in [1.82, 2.24) is 5.32 Å². The summed E-state index contributed by atoms with van der Waals surface area (Å²) < 4.78 is 5.48. The van der Waals surface area contributed by atoms with Crippen molar-refractivity contribution in [1.29, 1.82) is 0 Å². The molecule has 0 spiro atoms. The summed E-state index contributed by atoms with van der Waals surface area (Å²) >= 11 is 0. The highest BCUT2D eigenvalue weighted by Crippen LogP contribution is 2.19. The van der Waals surface area contributed by atoms with E-state index in [1.54, 1.807) is 0 Å². The maximum Gasteiger partial charge on any atom is 0.220 e. The van der Waals surface area contributed by atoms with Crippen LogP contribution in [0.3, 0.4) is 0 Å². The van der Waals surface area contributed by atoms with Crippen molar-refractivity contribution in [3.8, 4) is 0 Å². The topological polar surface area (TPSA) is 64.3 Å². The minimum Gasteiger partial charge on any atom is -0.399 e. The smallest absolute Gasteiger partial charge is 0.220 e. The van der Waals surface area contributed by atoms with Gasteiger partial charge < -0.3 is 15.8 Å². The van der Waals surface area contributed by atoms with E-state index in [0.29, 0.717) is 12.3 Å². The van der Waals surface area contributed by atoms with Crippen LogP contribution in [-0.2, 0) is 16.0 Å². The molecule has 1 fully saturated rings. The molecule has 1 amide bonds. The van der Waals surface area contributed by atoms with Gasteiger partial charge in [-0.05, 0) is 37.5 Å². The van der Waals surface area contributed by atoms with Crippen LogP contribution in [0, 0.1) is 5.92 Å². The fourth-order valence-corrected chi connectivity index (χ4v) is 2.32. The second-order valence-corrected chi connectivity index (χ2v) is 5.17. The van der Waals surface area contributed by atoms with E-state index in [1.165, 1.54) is 0 Å². The first kappa shape index (κ1) is 13.9. The molecule has 3 N–H and O–H groups in total. The van der Waals surface area contributed by atoms with Crippen LogP contribution in [0.4, 0.5) is 5.69 Å². The Labute approximate surface area is 114 Å². The zero-order valence-corrected chi connectivity index (χ0v) is 11.4. The lowest BCUT2D eigenvalue weighted by atomic mass is 10.0. The minimum atomic E-state index is 0.107. The number of nitrogen functional groups attached to an aromatic ring is 1. The molecule has 104 valence electrons. The van der Waals surface area contributed by atoms with Crippen molar-refractivity contribution in [2.45, 2.75) is 32.3 Å². The molecule has 1 aliphatic rings. The summed E-state index contributed by atoms with van der Waals surface area (Å²) in [5, 5.41) is 2.99. The van der Waals surface area contributed by atoms with E-state index in [4.69, 9.17) is 10.5 Å². The third kappa shape index (κ3) is 4.24. The van der Waals surface area contributed by atoms with Gasteiger partial charge in [0.15, 0.2) is 0 Å². The third-order valence-electron chi connectivity index (χ3n) is 3.72. The van der Waals surface area contributed by atoms with Crippen LogP contribution >= 0.6 is 0 Å². The van der Waals surface area contributed by atoms with Crippen molar-refractivity contribution in [2.24, 2.45) is 5.92 Å². The van der Waals surface area contributed by atoms with Crippen LogP contribution in [0.5, 0.6) is 0 Å².